The van der Waals surface area contributed by atoms with Gasteiger partial charge in [0.2, 0.25) is 12.2 Å². The highest BCUT2D eigenvalue weighted by molar-refractivity contribution is 5.86. The molecule has 45 heavy (non-hydrogen) atoms. The number of carbonyl (C=O) groups is 2. The van der Waals surface area contributed by atoms with Crippen molar-refractivity contribution in [2.75, 3.05) is 36.1 Å². The van der Waals surface area contributed by atoms with E-state index in [1.165, 1.54) is 22.0 Å². The van der Waals surface area contributed by atoms with E-state index in [-0.39, 0.29) is 26.3 Å². The van der Waals surface area contributed by atoms with Gasteiger partial charge in [-0.05, 0) is 83.6 Å². The third-order valence-corrected chi connectivity index (χ3v) is 6.91. The summed E-state index contributed by atoms with van der Waals surface area (Å²) in [5, 5.41) is 19.5. The molecule has 228 valence electrons. The topological polar surface area (TPSA) is 149 Å². The summed E-state index contributed by atoms with van der Waals surface area (Å²) in [6.45, 7) is 0.287. The fraction of sp³-hybridized carbons (Fsp3) is 0.176. The summed E-state index contributed by atoms with van der Waals surface area (Å²) in [7, 11) is 0. The molecule has 0 spiro atoms. The van der Waals surface area contributed by atoms with E-state index >= 15 is 0 Å². The maximum atomic E-state index is 11.9. The first-order chi connectivity index (χ1) is 21.9. The number of aliphatic imine (C=N–C) groups is 2. The maximum Gasteiger partial charge on any atom is 0.411 e. The third kappa shape index (κ3) is 9.57. The van der Waals surface area contributed by atoms with Gasteiger partial charge in [-0.2, -0.15) is 9.98 Å². The molecule has 11 nitrogen and oxygen atoms in total. The highest BCUT2D eigenvalue weighted by atomic mass is 16.5. The van der Waals surface area contributed by atoms with Crippen LogP contribution >= 0.6 is 0 Å². The smallest absolute Gasteiger partial charge is 0.411 e. The van der Waals surface area contributed by atoms with Crippen molar-refractivity contribution in [1.29, 1.82) is 0 Å². The average molecular weight is 607 g/mol. The molecular formula is C34H30N4O7. The van der Waals surface area contributed by atoms with E-state index in [0.29, 0.717) is 35.6 Å². The molecule has 0 aliphatic rings. The normalized spacial score (nSPS) is 10.3. The molecule has 0 radical (unpaired) electrons. The van der Waals surface area contributed by atoms with Gasteiger partial charge in [-0.1, -0.05) is 48.5 Å². The SMILES string of the molecule is O=C=Nc1ccc(Cc2ccc(N(CCOCCN(C(=O)O)c3ccc(Cc4ccc(N=C=O)cc4)cc3)C(=O)O)cc2)cc1. The van der Waals surface area contributed by atoms with Crippen molar-refractivity contribution in [3.8, 4) is 0 Å². The molecule has 2 N–H and O–H groups in total. The van der Waals surface area contributed by atoms with Crippen molar-refractivity contribution in [1.82, 2.24) is 0 Å². The Bertz CT molecular complexity index is 1550. The minimum Gasteiger partial charge on any atom is -0.465 e. The summed E-state index contributed by atoms with van der Waals surface area (Å²) >= 11 is 0. The summed E-state index contributed by atoms with van der Waals surface area (Å²) in [4.78, 5) is 54.1. The number of isocyanates is 2. The van der Waals surface area contributed by atoms with Crippen LogP contribution in [0.25, 0.3) is 0 Å². The van der Waals surface area contributed by atoms with Crippen molar-refractivity contribution in [3.63, 3.8) is 0 Å². The van der Waals surface area contributed by atoms with Gasteiger partial charge in [0.1, 0.15) is 0 Å². The molecule has 4 rings (SSSR count). The summed E-state index contributed by atoms with van der Waals surface area (Å²) in [6.07, 6.45) is 2.00. The zero-order valence-electron chi connectivity index (χ0n) is 24.2. The van der Waals surface area contributed by atoms with Crippen LogP contribution in [0, 0.1) is 0 Å². The van der Waals surface area contributed by atoms with Gasteiger partial charge in [-0.3, -0.25) is 9.80 Å². The van der Waals surface area contributed by atoms with Crippen LogP contribution in [0.3, 0.4) is 0 Å². The van der Waals surface area contributed by atoms with E-state index in [9.17, 15) is 29.4 Å². The van der Waals surface area contributed by atoms with E-state index in [0.717, 1.165) is 22.3 Å². The Morgan fingerprint density at radius 2 is 0.867 bits per heavy atom. The molecule has 2 amide bonds. The lowest BCUT2D eigenvalue weighted by Crippen LogP contribution is -2.35. The van der Waals surface area contributed by atoms with Crippen LogP contribution in [0.4, 0.5) is 32.3 Å². The fourth-order valence-electron chi connectivity index (χ4n) is 4.63. The van der Waals surface area contributed by atoms with E-state index in [4.69, 9.17) is 4.74 Å². The van der Waals surface area contributed by atoms with Gasteiger partial charge in [-0.25, -0.2) is 19.2 Å². The largest absolute Gasteiger partial charge is 0.465 e. The van der Waals surface area contributed by atoms with Gasteiger partial charge in [0.15, 0.2) is 0 Å². The Balaban J connectivity index is 1.26. The standard InChI is InChI=1S/C34H30N4O7/c39-23-35-29-9-1-25(2-10-29)21-27-5-13-31(14-6-27)37(33(41)42)17-19-45-20-18-38(34(43)44)32-15-7-28(8-16-32)22-26-3-11-30(12-4-26)36-24-40/h1-16H,17-22H2,(H,41,42)(H,43,44). The molecule has 4 aromatic carbocycles. The van der Waals surface area contributed by atoms with E-state index < -0.39 is 12.2 Å². The number of hydrogen-bond acceptors (Lipinski definition) is 7. The van der Waals surface area contributed by atoms with Crippen LogP contribution in [0.15, 0.2) is 107 Å². The molecule has 0 bridgehead atoms. The number of anilines is 2. The van der Waals surface area contributed by atoms with Crippen LogP contribution in [0.1, 0.15) is 22.3 Å². The van der Waals surface area contributed by atoms with Gasteiger partial charge < -0.3 is 14.9 Å². The average Bonchev–Trinajstić information content (AvgIpc) is 3.04. The highest BCUT2D eigenvalue weighted by Gasteiger charge is 2.16. The van der Waals surface area contributed by atoms with Crippen LogP contribution in [0.2, 0.25) is 0 Å². The number of benzene rings is 4. The van der Waals surface area contributed by atoms with Crippen molar-refractivity contribution in [2.45, 2.75) is 12.8 Å². The summed E-state index contributed by atoms with van der Waals surface area (Å²) in [5.41, 5.74) is 6.01. The number of amides is 2. The Kier molecular flexibility index (Phi) is 11.5. The van der Waals surface area contributed by atoms with Gasteiger partial charge in [-0.15, -0.1) is 0 Å². The second-order valence-electron chi connectivity index (χ2n) is 9.91. The van der Waals surface area contributed by atoms with Gasteiger partial charge in [0.25, 0.3) is 0 Å². The molecular weight excluding hydrogens is 576 g/mol. The molecule has 0 aromatic heterocycles. The zero-order chi connectivity index (χ0) is 32.0. The molecule has 0 unspecified atom stereocenters. The van der Waals surface area contributed by atoms with E-state index in [1.807, 2.05) is 48.5 Å². The molecule has 0 saturated heterocycles. The predicted molar refractivity (Wildman–Crippen MR) is 169 cm³/mol. The number of hydrogen-bond donors (Lipinski definition) is 2. The first-order valence-electron chi connectivity index (χ1n) is 14.0. The monoisotopic (exact) mass is 606 g/mol. The van der Waals surface area contributed by atoms with Crippen molar-refractivity contribution in [2.24, 2.45) is 9.98 Å². The minimum atomic E-state index is -1.13. The summed E-state index contributed by atoms with van der Waals surface area (Å²) < 4.78 is 5.62. The van der Waals surface area contributed by atoms with E-state index in [2.05, 4.69) is 9.98 Å². The molecule has 0 fully saturated rings. The van der Waals surface area contributed by atoms with Crippen molar-refractivity contribution in [3.05, 3.63) is 119 Å². The molecule has 0 saturated carbocycles. The first-order valence-corrected chi connectivity index (χ1v) is 14.0. The Labute approximate surface area is 259 Å². The molecule has 0 aliphatic heterocycles. The second-order valence-corrected chi connectivity index (χ2v) is 9.91. The number of ether oxygens (including phenoxy) is 1. The number of carboxylic acid groups (broad SMARTS) is 2. The van der Waals surface area contributed by atoms with Crippen LogP contribution in [0.5, 0.6) is 0 Å². The van der Waals surface area contributed by atoms with Gasteiger partial charge in [0.05, 0.1) is 37.7 Å². The molecule has 11 heteroatoms. The fourth-order valence-corrected chi connectivity index (χ4v) is 4.63. The summed E-state index contributed by atoms with van der Waals surface area (Å²) in [6, 6.07) is 28.6. The zero-order valence-corrected chi connectivity index (χ0v) is 24.2. The number of nitrogens with zero attached hydrogens (tertiary/aromatic N) is 4. The minimum absolute atomic E-state index is 0.0671. The Morgan fingerprint density at radius 1 is 0.556 bits per heavy atom. The Hall–Kier alpha value is -5.86. The maximum absolute atomic E-state index is 11.9. The number of rotatable bonds is 14. The lowest BCUT2D eigenvalue weighted by atomic mass is 10.0. The third-order valence-electron chi connectivity index (χ3n) is 6.91. The Morgan fingerprint density at radius 3 is 1.16 bits per heavy atom. The highest BCUT2D eigenvalue weighted by Crippen LogP contribution is 2.21. The van der Waals surface area contributed by atoms with Gasteiger partial charge >= 0.3 is 12.2 Å². The van der Waals surface area contributed by atoms with Crippen LogP contribution < -0.4 is 9.80 Å². The molecule has 0 aliphatic carbocycles. The first kappa shape index (κ1) is 32.1. The lowest BCUT2D eigenvalue weighted by molar-refractivity contribution is 0.141. The van der Waals surface area contributed by atoms with Crippen LogP contribution in [-0.2, 0) is 27.2 Å². The molecule has 4 aromatic rings. The second kappa shape index (κ2) is 16.1. The molecule has 0 atom stereocenters. The predicted octanol–water partition coefficient (Wildman–Crippen LogP) is 6.49. The number of carbonyl (C=O) groups excluding carboxylic acids is 2. The van der Waals surface area contributed by atoms with Crippen molar-refractivity contribution < 1.29 is 34.1 Å². The van der Waals surface area contributed by atoms with Crippen LogP contribution in [-0.4, -0.2) is 60.9 Å². The van der Waals surface area contributed by atoms with E-state index in [1.54, 1.807) is 48.5 Å². The van der Waals surface area contributed by atoms with Crippen molar-refractivity contribution >= 4 is 47.1 Å². The summed E-state index contributed by atoms with van der Waals surface area (Å²) in [5.74, 6) is 0. The lowest BCUT2D eigenvalue weighted by Gasteiger charge is -2.21. The quantitative estimate of drug-likeness (QED) is 0.0947. The van der Waals surface area contributed by atoms with Gasteiger partial charge in [0, 0.05) is 11.4 Å². The molecule has 0 heterocycles.